The second kappa shape index (κ2) is 6.62. The van der Waals surface area contributed by atoms with Crippen LogP contribution in [0.1, 0.15) is 31.2 Å². The number of amides is 1. The maximum absolute atomic E-state index is 12.2. The minimum atomic E-state index is -0.209. The molecule has 1 N–H and O–H groups in total. The van der Waals surface area contributed by atoms with E-state index in [1.54, 1.807) is 0 Å². The molecule has 0 bridgehead atoms. The van der Waals surface area contributed by atoms with Gasteiger partial charge in [-0.3, -0.25) is 4.79 Å². The van der Waals surface area contributed by atoms with E-state index < -0.39 is 0 Å². The number of hydrogen-bond donors (Lipinski definition) is 1. The SMILES string of the molecule is O=C(NC1CC1)[C@@H]1C[C@H]2CCN(CCc3ccccc3)C[C@H]2O1. The summed E-state index contributed by atoms with van der Waals surface area (Å²) in [7, 11) is 0. The van der Waals surface area contributed by atoms with E-state index in [1.807, 2.05) is 0 Å². The topological polar surface area (TPSA) is 41.6 Å². The van der Waals surface area contributed by atoms with Crippen molar-refractivity contribution in [3.05, 3.63) is 35.9 Å². The van der Waals surface area contributed by atoms with Gasteiger partial charge in [-0.05, 0) is 50.1 Å². The first-order valence-corrected chi connectivity index (χ1v) is 9.00. The molecule has 1 aromatic carbocycles. The third kappa shape index (κ3) is 3.75. The highest BCUT2D eigenvalue weighted by molar-refractivity contribution is 5.81. The molecule has 2 aliphatic heterocycles. The van der Waals surface area contributed by atoms with Crippen LogP contribution in [0, 0.1) is 5.92 Å². The number of carbonyl (C=O) groups excluding carboxylic acids is 1. The molecule has 1 amide bonds. The first-order chi connectivity index (χ1) is 11.3. The molecule has 1 aromatic rings. The first kappa shape index (κ1) is 15.2. The maximum Gasteiger partial charge on any atom is 0.249 e. The van der Waals surface area contributed by atoms with Crippen LogP contribution >= 0.6 is 0 Å². The molecular weight excluding hydrogens is 288 g/mol. The summed E-state index contributed by atoms with van der Waals surface area (Å²) in [6.07, 6.45) is 5.47. The zero-order valence-corrected chi connectivity index (χ0v) is 13.6. The van der Waals surface area contributed by atoms with E-state index in [2.05, 4.69) is 40.5 Å². The number of likely N-dealkylation sites (tertiary alicyclic amines) is 1. The Morgan fingerprint density at radius 2 is 2.04 bits per heavy atom. The Morgan fingerprint density at radius 3 is 2.83 bits per heavy atom. The lowest BCUT2D eigenvalue weighted by Crippen LogP contribution is -2.43. The lowest BCUT2D eigenvalue weighted by Gasteiger charge is -2.34. The number of carbonyl (C=O) groups is 1. The summed E-state index contributed by atoms with van der Waals surface area (Å²) in [6, 6.07) is 11.1. The molecule has 1 saturated carbocycles. The lowest BCUT2D eigenvalue weighted by molar-refractivity contribution is -0.133. The first-order valence-electron chi connectivity index (χ1n) is 9.00. The van der Waals surface area contributed by atoms with Gasteiger partial charge in [-0.25, -0.2) is 0 Å². The van der Waals surface area contributed by atoms with E-state index in [9.17, 15) is 4.79 Å². The number of piperidine rings is 1. The van der Waals surface area contributed by atoms with Crippen molar-refractivity contribution >= 4 is 5.91 Å². The molecule has 4 nitrogen and oxygen atoms in total. The normalized spacial score (nSPS) is 30.9. The van der Waals surface area contributed by atoms with Crippen LogP contribution in [0.25, 0.3) is 0 Å². The molecule has 0 unspecified atom stereocenters. The molecule has 23 heavy (non-hydrogen) atoms. The van der Waals surface area contributed by atoms with Crippen LogP contribution in [0.5, 0.6) is 0 Å². The number of nitrogens with zero attached hydrogens (tertiary/aromatic N) is 1. The molecule has 2 heterocycles. The predicted molar refractivity (Wildman–Crippen MR) is 89.1 cm³/mol. The summed E-state index contributed by atoms with van der Waals surface area (Å²) in [4.78, 5) is 14.7. The van der Waals surface area contributed by atoms with Crippen molar-refractivity contribution in [3.8, 4) is 0 Å². The fraction of sp³-hybridized carbons (Fsp3) is 0.632. The largest absolute Gasteiger partial charge is 0.364 e. The number of ether oxygens (including phenoxy) is 1. The average Bonchev–Trinajstić information content (AvgIpc) is 3.29. The molecule has 1 aliphatic carbocycles. The molecule has 4 rings (SSSR count). The Labute approximate surface area is 138 Å². The predicted octanol–water partition coefficient (Wildman–Crippen LogP) is 1.99. The highest BCUT2D eigenvalue weighted by Crippen LogP contribution is 2.33. The van der Waals surface area contributed by atoms with Crippen LogP contribution in [0.2, 0.25) is 0 Å². The van der Waals surface area contributed by atoms with Gasteiger partial charge in [0.25, 0.3) is 0 Å². The Hall–Kier alpha value is -1.39. The fourth-order valence-corrected chi connectivity index (χ4v) is 3.82. The smallest absolute Gasteiger partial charge is 0.249 e. The molecule has 0 radical (unpaired) electrons. The van der Waals surface area contributed by atoms with Gasteiger partial charge in [-0.15, -0.1) is 0 Å². The van der Waals surface area contributed by atoms with Gasteiger partial charge in [0, 0.05) is 19.1 Å². The van der Waals surface area contributed by atoms with Crippen molar-refractivity contribution in [1.82, 2.24) is 10.2 Å². The van der Waals surface area contributed by atoms with Crippen molar-refractivity contribution in [1.29, 1.82) is 0 Å². The van der Waals surface area contributed by atoms with Gasteiger partial charge < -0.3 is 15.0 Å². The van der Waals surface area contributed by atoms with Crippen molar-refractivity contribution in [2.45, 2.75) is 50.4 Å². The van der Waals surface area contributed by atoms with E-state index in [-0.39, 0.29) is 18.1 Å². The molecule has 124 valence electrons. The molecular formula is C19H26N2O2. The molecule has 3 aliphatic rings. The second-order valence-corrected chi connectivity index (χ2v) is 7.27. The number of rotatable bonds is 5. The van der Waals surface area contributed by atoms with Crippen LogP contribution in [-0.2, 0) is 16.0 Å². The average molecular weight is 314 g/mol. The van der Waals surface area contributed by atoms with Gasteiger partial charge in [0.1, 0.15) is 6.10 Å². The zero-order chi connectivity index (χ0) is 15.6. The van der Waals surface area contributed by atoms with Crippen LogP contribution in [0.3, 0.4) is 0 Å². The van der Waals surface area contributed by atoms with Gasteiger partial charge in [-0.1, -0.05) is 30.3 Å². The van der Waals surface area contributed by atoms with Crippen molar-refractivity contribution in [2.75, 3.05) is 19.6 Å². The second-order valence-electron chi connectivity index (χ2n) is 7.27. The Bertz CT molecular complexity index is 544. The summed E-state index contributed by atoms with van der Waals surface area (Å²) in [5.41, 5.74) is 1.39. The Balaban J connectivity index is 1.26. The number of benzene rings is 1. The summed E-state index contributed by atoms with van der Waals surface area (Å²) in [6.45, 7) is 3.19. The highest BCUT2D eigenvalue weighted by atomic mass is 16.5. The summed E-state index contributed by atoms with van der Waals surface area (Å²) < 4.78 is 6.08. The van der Waals surface area contributed by atoms with Crippen LogP contribution in [0.15, 0.2) is 30.3 Å². The van der Waals surface area contributed by atoms with Crippen molar-refractivity contribution < 1.29 is 9.53 Å². The van der Waals surface area contributed by atoms with Gasteiger partial charge in [0.2, 0.25) is 5.91 Å². The lowest BCUT2D eigenvalue weighted by atomic mass is 9.91. The van der Waals surface area contributed by atoms with E-state index in [0.29, 0.717) is 12.0 Å². The summed E-state index contributed by atoms with van der Waals surface area (Å²) in [5.74, 6) is 0.690. The van der Waals surface area contributed by atoms with Crippen LogP contribution < -0.4 is 5.32 Å². The highest BCUT2D eigenvalue weighted by Gasteiger charge is 2.42. The van der Waals surface area contributed by atoms with Gasteiger partial charge in [-0.2, -0.15) is 0 Å². The number of nitrogens with one attached hydrogen (secondary N) is 1. The fourth-order valence-electron chi connectivity index (χ4n) is 3.82. The molecule has 2 saturated heterocycles. The summed E-state index contributed by atoms with van der Waals surface area (Å²) in [5, 5.41) is 3.09. The minimum absolute atomic E-state index is 0.123. The molecule has 3 atom stereocenters. The zero-order valence-electron chi connectivity index (χ0n) is 13.6. The van der Waals surface area contributed by atoms with Crippen molar-refractivity contribution in [3.63, 3.8) is 0 Å². The number of hydrogen-bond acceptors (Lipinski definition) is 3. The quantitative estimate of drug-likeness (QED) is 0.904. The van der Waals surface area contributed by atoms with Gasteiger partial charge in [0.05, 0.1) is 6.10 Å². The Morgan fingerprint density at radius 1 is 1.22 bits per heavy atom. The Kier molecular flexibility index (Phi) is 4.36. The minimum Gasteiger partial charge on any atom is -0.364 e. The van der Waals surface area contributed by atoms with E-state index in [0.717, 1.165) is 51.7 Å². The summed E-state index contributed by atoms with van der Waals surface area (Å²) >= 11 is 0. The number of fused-ring (bicyclic) bond motifs is 1. The van der Waals surface area contributed by atoms with Gasteiger partial charge in [0.15, 0.2) is 0 Å². The molecule has 4 heteroatoms. The van der Waals surface area contributed by atoms with E-state index in [1.165, 1.54) is 5.56 Å². The van der Waals surface area contributed by atoms with E-state index in [4.69, 9.17) is 4.74 Å². The molecule has 0 aromatic heterocycles. The third-order valence-corrected chi connectivity index (χ3v) is 5.41. The standard InChI is InChI=1S/C19H26N2O2/c22-19(20-16-6-7-16)17-12-15-9-11-21(13-18(15)23-17)10-8-14-4-2-1-3-5-14/h1-5,15-18H,6-13H2,(H,20,22)/t15-,17+,18-/m1/s1. The van der Waals surface area contributed by atoms with Crippen molar-refractivity contribution in [2.24, 2.45) is 5.92 Å². The molecule has 0 spiro atoms. The third-order valence-electron chi connectivity index (χ3n) is 5.41. The van der Waals surface area contributed by atoms with E-state index >= 15 is 0 Å². The molecule has 3 fully saturated rings. The van der Waals surface area contributed by atoms with Gasteiger partial charge >= 0.3 is 0 Å². The van der Waals surface area contributed by atoms with Crippen LogP contribution in [-0.4, -0.2) is 48.7 Å². The van der Waals surface area contributed by atoms with Crippen LogP contribution in [0.4, 0.5) is 0 Å². The maximum atomic E-state index is 12.2. The monoisotopic (exact) mass is 314 g/mol.